The van der Waals surface area contributed by atoms with Crippen molar-refractivity contribution in [3.8, 4) is 28.1 Å². The third-order valence-electron chi connectivity index (χ3n) is 4.45. The summed E-state index contributed by atoms with van der Waals surface area (Å²) in [6.45, 7) is 4.68. The summed E-state index contributed by atoms with van der Waals surface area (Å²) in [5, 5.41) is 7.47. The Morgan fingerprint density at radius 2 is 1.92 bits per heavy atom. The lowest BCUT2D eigenvalue weighted by atomic mass is 9.98. The molecule has 0 fully saturated rings. The fraction of sp³-hybridized carbons (Fsp3) is 0.200. The molecule has 0 bridgehead atoms. The Morgan fingerprint density at radius 3 is 2.65 bits per heavy atom. The van der Waals surface area contributed by atoms with E-state index in [4.69, 9.17) is 4.74 Å². The number of amides is 1. The summed E-state index contributed by atoms with van der Waals surface area (Å²) >= 11 is 0. The number of aryl methyl sites for hydroxylation is 2. The van der Waals surface area contributed by atoms with E-state index in [-0.39, 0.29) is 18.3 Å². The van der Waals surface area contributed by atoms with E-state index >= 15 is 0 Å². The van der Waals surface area contributed by atoms with Crippen molar-refractivity contribution in [1.82, 2.24) is 9.78 Å². The molecule has 1 aromatic heterocycles. The second-order valence-corrected chi connectivity index (χ2v) is 6.18. The van der Waals surface area contributed by atoms with Crippen LogP contribution in [0.4, 0.5) is 10.1 Å². The molecule has 2 aromatic carbocycles. The standard InChI is InChI=1S/C20H18FN3O2/c1-3-24-20(14-6-9-17-16(10-14)22-18(25)11-26-17)19(12(2)23-24)13-4-7-15(21)8-5-13/h4-10H,3,11H2,1-2H3,(H,22,25). The number of rotatable bonds is 3. The van der Waals surface area contributed by atoms with Crippen molar-refractivity contribution in [1.29, 1.82) is 0 Å². The molecule has 132 valence electrons. The number of anilines is 1. The number of benzene rings is 2. The zero-order valence-electron chi connectivity index (χ0n) is 14.5. The Kier molecular flexibility index (Phi) is 3.95. The Morgan fingerprint density at radius 1 is 1.19 bits per heavy atom. The number of ether oxygens (including phenoxy) is 1. The van der Waals surface area contributed by atoms with Crippen LogP contribution < -0.4 is 10.1 Å². The average molecular weight is 351 g/mol. The first-order chi connectivity index (χ1) is 12.6. The maximum absolute atomic E-state index is 13.3. The molecule has 0 radical (unpaired) electrons. The van der Waals surface area contributed by atoms with Crippen molar-refractivity contribution in [2.24, 2.45) is 0 Å². The van der Waals surface area contributed by atoms with Gasteiger partial charge >= 0.3 is 0 Å². The predicted molar refractivity (Wildman–Crippen MR) is 97.6 cm³/mol. The van der Waals surface area contributed by atoms with Crippen molar-refractivity contribution >= 4 is 11.6 Å². The lowest BCUT2D eigenvalue weighted by molar-refractivity contribution is -0.118. The Hall–Kier alpha value is -3.15. The molecular formula is C20H18FN3O2. The van der Waals surface area contributed by atoms with E-state index in [0.29, 0.717) is 18.0 Å². The van der Waals surface area contributed by atoms with Crippen LogP contribution in [0.2, 0.25) is 0 Å². The molecule has 0 saturated carbocycles. The maximum atomic E-state index is 13.3. The molecule has 0 saturated heterocycles. The lowest BCUT2D eigenvalue weighted by Crippen LogP contribution is -2.25. The predicted octanol–water partition coefficient (Wildman–Crippen LogP) is 4.02. The molecule has 0 spiro atoms. The van der Waals surface area contributed by atoms with Crippen LogP contribution in [0, 0.1) is 12.7 Å². The van der Waals surface area contributed by atoms with E-state index < -0.39 is 0 Å². The van der Waals surface area contributed by atoms with Crippen LogP contribution >= 0.6 is 0 Å². The van der Waals surface area contributed by atoms with Gasteiger partial charge in [-0.2, -0.15) is 5.10 Å². The van der Waals surface area contributed by atoms with Gasteiger partial charge in [0.15, 0.2) is 6.61 Å². The number of aromatic nitrogens is 2. The summed E-state index contributed by atoms with van der Waals surface area (Å²) in [5.74, 6) is 0.203. The third-order valence-corrected chi connectivity index (χ3v) is 4.45. The van der Waals surface area contributed by atoms with E-state index in [1.807, 2.05) is 36.7 Å². The molecule has 0 unspecified atom stereocenters. The summed E-state index contributed by atoms with van der Waals surface area (Å²) in [4.78, 5) is 11.6. The molecule has 2 heterocycles. The number of nitrogens with one attached hydrogen (secondary N) is 1. The minimum absolute atomic E-state index is 0.0270. The topological polar surface area (TPSA) is 56.2 Å². The highest BCUT2D eigenvalue weighted by atomic mass is 19.1. The van der Waals surface area contributed by atoms with Crippen LogP contribution in [-0.4, -0.2) is 22.3 Å². The lowest BCUT2D eigenvalue weighted by Gasteiger charge is -2.19. The Bertz CT molecular complexity index is 993. The summed E-state index contributed by atoms with van der Waals surface area (Å²) in [6, 6.07) is 12.1. The molecule has 4 rings (SSSR count). The first-order valence-electron chi connectivity index (χ1n) is 8.47. The summed E-state index contributed by atoms with van der Waals surface area (Å²) in [5.41, 5.74) is 5.21. The molecule has 0 atom stereocenters. The highest BCUT2D eigenvalue weighted by Crippen LogP contribution is 2.38. The molecule has 26 heavy (non-hydrogen) atoms. The van der Waals surface area contributed by atoms with E-state index in [0.717, 1.165) is 28.1 Å². The number of halogens is 1. The molecule has 3 aromatic rings. The third kappa shape index (κ3) is 2.73. The molecule has 1 N–H and O–H groups in total. The summed E-state index contributed by atoms with van der Waals surface area (Å²) < 4.78 is 20.7. The number of carbonyl (C=O) groups is 1. The van der Waals surface area contributed by atoms with Crippen LogP contribution in [0.1, 0.15) is 12.6 Å². The normalized spacial score (nSPS) is 13.1. The van der Waals surface area contributed by atoms with Gasteiger partial charge in [0, 0.05) is 17.7 Å². The number of carbonyl (C=O) groups excluding carboxylic acids is 1. The summed E-state index contributed by atoms with van der Waals surface area (Å²) in [7, 11) is 0. The van der Waals surface area contributed by atoms with Gasteiger partial charge in [0.1, 0.15) is 11.6 Å². The number of nitrogens with zero attached hydrogens (tertiary/aromatic N) is 2. The van der Waals surface area contributed by atoms with Gasteiger partial charge in [-0.15, -0.1) is 0 Å². The summed E-state index contributed by atoms with van der Waals surface area (Å²) in [6.07, 6.45) is 0. The number of hydrogen-bond donors (Lipinski definition) is 1. The first-order valence-corrected chi connectivity index (χ1v) is 8.47. The van der Waals surface area contributed by atoms with Gasteiger partial charge in [-0.05, 0) is 49.7 Å². The van der Waals surface area contributed by atoms with E-state index in [2.05, 4.69) is 10.4 Å². The fourth-order valence-corrected chi connectivity index (χ4v) is 3.30. The molecule has 1 aliphatic rings. The first kappa shape index (κ1) is 16.3. The van der Waals surface area contributed by atoms with Crippen molar-refractivity contribution in [2.45, 2.75) is 20.4 Å². The van der Waals surface area contributed by atoms with Crippen molar-refractivity contribution in [3.63, 3.8) is 0 Å². The average Bonchev–Trinajstić information content (AvgIpc) is 2.98. The van der Waals surface area contributed by atoms with Crippen LogP contribution in [-0.2, 0) is 11.3 Å². The maximum Gasteiger partial charge on any atom is 0.262 e. The van der Waals surface area contributed by atoms with Crippen LogP contribution in [0.5, 0.6) is 5.75 Å². The molecule has 1 aliphatic heterocycles. The molecule has 5 nitrogen and oxygen atoms in total. The van der Waals surface area contributed by atoms with Crippen LogP contribution in [0.15, 0.2) is 42.5 Å². The minimum Gasteiger partial charge on any atom is -0.482 e. The second kappa shape index (κ2) is 6.29. The highest BCUT2D eigenvalue weighted by molar-refractivity contribution is 5.96. The second-order valence-electron chi connectivity index (χ2n) is 6.18. The van der Waals surface area contributed by atoms with Crippen LogP contribution in [0.25, 0.3) is 22.4 Å². The van der Waals surface area contributed by atoms with Crippen molar-refractivity contribution in [2.75, 3.05) is 11.9 Å². The van der Waals surface area contributed by atoms with E-state index in [1.165, 1.54) is 12.1 Å². The largest absolute Gasteiger partial charge is 0.482 e. The zero-order chi connectivity index (χ0) is 18.3. The van der Waals surface area contributed by atoms with Gasteiger partial charge in [-0.1, -0.05) is 12.1 Å². The molecular weight excluding hydrogens is 333 g/mol. The molecule has 6 heteroatoms. The highest BCUT2D eigenvalue weighted by Gasteiger charge is 2.21. The SMILES string of the molecule is CCn1nc(C)c(-c2ccc(F)cc2)c1-c1ccc2c(c1)NC(=O)CO2. The quantitative estimate of drug-likeness (QED) is 0.775. The minimum atomic E-state index is -0.274. The van der Waals surface area contributed by atoms with Crippen LogP contribution in [0.3, 0.4) is 0 Å². The van der Waals surface area contributed by atoms with Gasteiger partial charge in [0.25, 0.3) is 5.91 Å². The van der Waals surface area contributed by atoms with Gasteiger partial charge < -0.3 is 10.1 Å². The fourth-order valence-electron chi connectivity index (χ4n) is 3.30. The van der Waals surface area contributed by atoms with Gasteiger partial charge in [-0.25, -0.2) is 4.39 Å². The van der Waals surface area contributed by atoms with Gasteiger partial charge in [-0.3, -0.25) is 9.48 Å². The van der Waals surface area contributed by atoms with Gasteiger partial charge in [0.05, 0.1) is 17.1 Å². The number of fused-ring (bicyclic) bond motifs is 1. The zero-order valence-corrected chi connectivity index (χ0v) is 14.5. The molecule has 1 amide bonds. The smallest absolute Gasteiger partial charge is 0.262 e. The van der Waals surface area contributed by atoms with E-state index in [9.17, 15) is 9.18 Å². The van der Waals surface area contributed by atoms with Crippen molar-refractivity contribution in [3.05, 3.63) is 54.0 Å². The van der Waals surface area contributed by atoms with Gasteiger partial charge in [0.2, 0.25) is 0 Å². The van der Waals surface area contributed by atoms with Crippen molar-refractivity contribution < 1.29 is 13.9 Å². The van der Waals surface area contributed by atoms with E-state index in [1.54, 1.807) is 12.1 Å². The Balaban J connectivity index is 1.90. The Labute approximate surface area is 150 Å². The monoisotopic (exact) mass is 351 g/mol. The number of hydrogen-bond acceptors (Lipinski definition) is 3. The molecule has 0 aliphatic carbocycles.